The number of carbonyl (C=O) groups is 1. The first kappa shape index (κ1) is 17.2. The van der Waals surface area contributed by atoms with Gasteiger partial charge in [-0.1, -0.05) is 0 Å². The minimum absolute atomic E-state index is 0.308. The SMILES string of the molecule is COc1ccc2c(c1)C(NC(=O)c1ccc(F)cc1)[C@H](O)C(C)(C)O2. The normalized spacial score (nSPS) is 21.0. The van der Waals surface area contributed by atoms with Crippen molar-refractivity contribution in [3.63, 3.8) is 0 Å². The minimum atomic E-state index is -0.975. The van der Waals surface area contributed by atoms with E-state index < -0.39 is 29.5 Å². The Morgan fingerprint density at radius 3 is 2.56 bits per heavy atom. The molecule has 2 aromatic carbocycles. The Kier molecular flexibility index (Phi) is 4.39. The van der Waals surface area contributed by atoms with E-state index in [1.54, 1.807) is 32.0 Å². The summed E-state index contributed by atoms with van der Waals surface area (Å²) in [6.45, 7) is 3.50. The Bertz CT molecular complexity index is 789. The molecule has 0 aromatic heterocycles. The first-order valence-electron chi connectivity index (χ1n) is 7.93. The van der Waals surface area contributed by atoms with Crippen LogP contribution in [0.5, 0.6) is 11.5 Å². The van der Waals surface area contributed by atoms with Gasteiger partial charge in [-0.3, -0.25) is 4.79 Å². The second kappa shape index (κ2) is 6.37. The molecule has 0 saturated heterocycles. The van der Waals surface area contributed by atoms with E-state index in [1.165, 1.54) is 31.4 Å². The van der Waals surface area contributed by atoms with Gasteiger partial charge in [0.2, 0.25) is 0 Å². The molecule has 0 bridgehead atoms. The highest BCUT2D eigenvalue weighted by atomic mass is 19.1. The molecule has 0 fully saturated rings. The fourth-order valence-electron chi connectivity index (χ4n) is 2.89. The number of ether oxygens (including phenoxy) is 2. The van der Waals surface area contributed by atoms with Gasteiger partial charge in [-0.15, -0.1) is 0 Å². The highest BCUT2D eigenvalue weighted by molar-refractivity contribution is 5.94. The molecule has 0 radical (unpaired) electrons. The lowest BCUT2D eigenvalue weighted by Crippen LogP contribution is -2.53. The maximum absolute atomic E-state index is 13.1. The number of rotatable bonds is 3. The lowest BCUT2D eigenvalue weighted by Gasteiger charge is -2.42. The van der Waals surface area contributed by atoms with Crippen LogP contribution in [-0.4, -0.2) is 29.8 Å². The Morgan fingerprint density at radius 1 is 1.24 bits per heavy atom. The van der Waals surface area contributed by atoms with Gasteiger partial charge in [0.1, 0.15) is 29.0 Å². The van der Waals surface area contributed by atoms with Gasteiger partial charge in [0, 0.05) is 11.1 Å². The zero-order valence-electron chi connectivity index (χ0n) is 14.2. The summed E-state index contributed by atoms with van der Waals surface area (Å²) in [5, 5.41) is 13.5. The number of halogens is 1. The van der Waals surface area contributed by atoms with E-state index in [9.17, 15) is 14.3 Å². The van der Waals surface area contributed by atoms with E-state index in [0.29, 0.717) is 22.6 Å². The van der Waals surface area contributed by atoms with Crippen LogP contribution >= 0.6 is 0 Å². The average molecular weight is 345 g/mol. The number of nitrogens with one attached hydrogen (secondary N) is 1. The maximum atomic E-state index is 13.1. The van der Waals surface area contributed by atoms with Crippen LogP contribution in [0.4, 0.5) is 4.39 Å². The minimum Gasteiger partial charge on any atom is -0.497 e. The summed E-state index contributed by atoms with van der Waals surface area (Å²) in [7, 11) is 1.54. The van der Waals surface area contributed by atoms with Crippen LogP contribution in [0.1, 0.15) is 35.8 Å². The van der Waals surface area contributed by atoms with Crippen LogP contribution in [0.3, 0.4) is 0 Å². The van der Waals surface area contributed by atoms with Crippen molar-refractivity contribution in [2.24, 2.45) is 0 Å². The summed E-state index contributed by atoms with van der Waals surface area (Å²) < 4.78 is 24.1. The molecule has 2 atom stereocenters. The number of hydrogen-bond donors (Lipinski definition) is 2. The van der Waals surface area contributed by atoms with Crippen LogP contribution < -0.4 is 14.8 Å². The maximum Gasteiger partial charge on any atom is 0.251 e. The van der Waals surface area contributed by atoms with Crippen molar-refractivity contribution in [1.82, 2.24) is 5.32 Å². The Labute approximate surface area is 145 Å². The second-order valence-corrected chi connectivity index (χ2v) is 6.51. The monoisotopic (exact) mass is 345 g/mol. The van der Waals surface area contributed by atoms with Gasteiger partial charge in [0.05, 0.1) is 13.2 Å². The molecule has 2 N–H and O–H groups in total. The van der Waals surface area contributed by atoms with Crippen LogP contribution in [0, 0.1) is 5.82 Å². The molecule has 2 aromatic rings. The number of amides is 1. The number of methoxy groups -OCH3 is 1. The molecule has 1 amide bonds. The van der Waals surface area contributed by atoms with Gasteiger partial charge in [0.15, 0.2) is 0 Å². The number of benzene rings is 2. The van der Waals surface area contributed by atoms with Crippen molar-refractivity contribution in [2.75, 3.05) is 7.11 Å². The molecule has 25 heavy (non-hydrogen) atoms. The lowest BCUT2D eigenvalue weighted by atomic mass is 9.86. The second-order valence-electron chi connectivity index (χ2n) is 6.51. The zero-order valence-corrected chi connectivity index (χ0v) is 14.2. The van der Waals surface area contributed by atoms with Gasteiger partial charge in [-0.2, -0.15) is 0 Å². The molecule has 1 aliphatic heterocycles. The summed E-state index contributed by atoms with van der Waals surface area (Å²) >= 11 is 0. The summed E-state index contributed by atoms with van der Waals surface area (Å²) in [6.07, 6.45) is -0.975. The molecule has 5 nitrogen and oxygen atoms in total. The van der Waals surface area contributed by atoms with Crippen LogP contribution in [0.15, 0.2) is 42.5 Å². The van der Waals surface area contributed by atoms with Crippen LogP contribution in [-0.2, 0) is 0 Å². The third-order valence-corrected chi connectivity index (χ3v) is 4.35. The fourth-order valence-corrected chi connectivity index (χ4v) is 2.89. The zero-order chi connectivity index (χ0) is 18.2. The number of aliphatic hydroxyl groups excluding tert-OH is 1. The molecule has 0 saturated carbocycles. The lowest BCUT2D eigenvalue weighted by molar-refractivity contribution is -0.0628. The van der Waals surface area contributed by atoms with Crippen molar-refractivity contribution >= 4 is 5.91 Å². The summed E-state index contributed by atoms with van der Waals surface area (Å²) in [5.41, 5.74) is 0.0477. The molecule has 0 spiro atoms. The standard InChI is InChI=1S/C19H20FNO4/c1-19(2)17(22)16(14-10-13(24-3)8-9-15(14)25-19)21-18(23)11-4-6-12(20)7-5-11/h4-10,16-17,22H,1-3H3,(H,21,23)/t16?,17-/m0/s1. The van der Waals surface area contributed by atoms with E-state index in [2.05, 4.69) is 5.32 Å². The van der Waals surface area contributed by atoms with Crippen molar-refractivity contribution < 1.29 is 23.8 Å². The van der Waals surface area contributed by atoms with E-state index in [0.717, 1.165) is 0 Å². The van der Waals surface area contributed by atoms with E-state index in [1.807, 2.05) is 0 Å². The quantitative estimate of drug-likeness (QED) is 0.898. The van der Waals surface area contributed by atoms with Crippen molar-refractivity contribution in [3.05, 3.63) is 59.4 Å². The summed E-state index contributed by atoms with van der Waals surface area (Å²) in [4.78, 5) is 12.5. The van der Waals surface area contributed by atoms with Crippen molar-refractivity contribution in [2.45, 2.75) is 31.6 Å². The average Bonchev–Trinajstić information content (AvgIpc) is 2.59. The summed E-state index contributed by atoms with van der Waals surface area (Å²) in [5.74, 6) is 0.338. The predicted molar refractivity (Wildman–Crippen MR) is 90.3 cm³/mol. The molecule has 1 unspecified atom stereocenters. The molecule has 1 aliphatic rings. The van der Waals surface area contributed by atoms with E-state index >= 15 is 0 Å². The predicted octanol–water partition coefficient (Wildman–Crippen LogP) is 2.84. The van der Waals surface area contributed by atoms with Gasteiger partial charge in [-0.05, 0) is 56.3 Å². The smallest absolute Gasteiger partial charge is 0.251 e. The third kappa shape index (κ3) is 3.30. The largest absolute Gasteiger partial charge is 0.497 e. The van der Waals surface area contributed by atoms with Gasteiger partial charge in [0.25, 0.3) is 5.91 Å². The van der Waals surface area contributed by atoms with E-state index in [4.69, 9.17) is 9.47 Å². The molecule has 0 aliphatic carbocycles. The Morgan fingerprint density at radius 2 is 1.92 bits per heavy atom. The first-order chi connectivity index (χ1) is 11.8. The van der Waals surface area contributed by atoms with Crippen molar-refractivity contribution in [1.29, 1.82) is 0 Å². The molecule has 132 valence electrons. The fraction of sp³-hybridized carbons (Fsp3) is 0.316. The molecule has 1 heterocycles. The van der Waals surface area contributed by atoms with Gasteiger partial charge >= 0.3 is 0 Å². The number of aliphatic hydroxyl groups is 1. The molecular formula is C19H20FNO4. The molecule has 3 rings (SSSR count). The Balaban J connectivity index is 1.95. The van der Waals surface area contributed by atoms with Gasteiger partial charge < -0.3 is 19.9 Å². The van der Waals surface area contributed by atoms with Crippen molar-refractivity contribution in [3.8, 4) is 11.5 Å². The number of fused-ring (bicyclic) bond motifs is 1. The van der Waals surface area contributed by atoms with Crippen LogP contribution in [0.2, 0.25) is 0 Å². The number of carbonyl (C=O) groups excluding carboxylic acids is 1. The highest BCUT2D eigenvalue weighted by Crippen LogP contribution is 2.41. The van der Waals surface area contributed by atoms with Gasteiger partial charge in [-0.25, -0.2) is 4.39 Å². The molecule has 6 heteroatoms. The first-order valence-corrected chi connectivity index (χ1v) is 7.93. The van der Waals surface area contributed by atoms with Crippen LogP contribution in [0.25, 0.3) is 0 Å². The number of hydrogen-bond acceptors (Lipinski definition) is 4. The highest BCUT2D eigenvalue weighted by Gasteiger charge is 2.43. The van der Waals surface area contributed by atoms with E-state index in [-0.39, 0.29) is 0 Å². The third-order valence-electron chi connectivity index (χ3n) is 4.35. The Hall–Kier alpha value is -2.60. The summed E-state index contributed by atoms with van der Waals surface area (Å²) in [6, 6.07) is 9.77. The molecular weight excluding hydrogens is 325 g/mol. The topological polar surface area (TPSA) is 67.8 Å².